The third-order valence-corrected chi connectivity index (χ3v) is 6.39. The van der Waals surface area contributed by atoms with Crippen LogP contribution < -0.4 is 10.1 Å². The van der Waals surface area contributed by atoms with Gasteiger partial charge in [-0.25, -0.2) is 9.78 Å². The van der Waals surface area contributed by atoms with Crippen LogP contribution in [0.2, 0.25) is 5.02 Å². The number of imidazole rings is 1. The summed E-state index contributed by atoms with van der Waals surface area (Å²) in [5.74, 6) is 0. The molecule has 0 bridgehead atoms. The maximum Gasteiger partial charge on any atom is 0.411 e. The molecule has 5 rings (SSSR count). The molecule has 1 amide bonds. The number of H-pyrrole nitrogens is 1. The van der Waals surface area contributed by atoms with Crippen molar-refractivity contribution in [3.05, 3.63) is 59.6 Å². The van der Waals surface area contributed by atoms with E-state index in [1.165, 1.54) is 7.11 Å². The number of fused-ring (bicyclic) bond motifs is 1. The molecule has 0 saturated carbocycles. The molecule has 3 atom stereocenters. The van der Waals surface area contributed by atoms with Crippen LogP contribution in [0.4, 0.5) is 10.5 Å². The van der Waals surface area contributed by atoms with Crippen molar-refractivity contribution in [2.24, 2.45) is 0 Å². The molecule has 4 aromatic rings. The van der Waals surface area contributed by atoms with Crippen LogP contribution in [-0.2, 0) is 9.47 Å². The van der Waals surface area contributed by atoms with Gasteiger partial charge in [0.25, 0.3) is 6.01 Å². The van der Waals surface area contributed by atoms with Gasteiger partial charge >= 0.3 is 6.09 Å². The van der Waals surface area contributed by atoms with Crippen molar-refractivity contribution in [2.75, 3.05) is 25.6 Å². The van der Waals surface area contributed by atoms with E-state index in [1.807, 2.05) is 36.4 Å². The zero-order valence-electron chi connectivity index (χ0n) is 19.8. The van der Waals surface area contributed by atoms with E-state index in [1.54, 1.807) is 18.2 Å². The van der Waals surface area contributed by atoms with Gasteiger partial charge < -0.3 is 29.4 Å². The number of amides is 1. The molecule has 0 spiro atoms. The highest BCUT2D eigenvalue weighted by Crippen LogP contribution is 2.32. The second kappa shape index (κ2) is 10.7. The summed E-state index contributed by atoms with van der Waals surface area (Å²) in [6.07, 6.45) is -2.03. The topological polar surface area (TPSA) is 139 Å². The maximum atomic E-state index is 11.4. The zero-order valence-corrected chi connectivity index (χ0v) is 20.6. The SMILES string of the molecule is COC(=O)Nc1ccc(-c2ccc(-c3nc4nc(O[C@H]5CO[C@H](CO)[C@@H](O)C5)[nH]c4cc3Cl)cc2)cc1. The van der Waals surface area contributed by atoms with Gasteiger partial charge in [-0.1, -0.05) is 48.0 Å². The summed E-state index contributed by atoms with van der Waals surface area (Å²) in [6, 6.07) is 17.2. The van der Waals surface area contributed by atoms with Gasteiger partial charge in [0, 0.05) is 17.7 Å². The molecule has 1 saturated heterocycles. The lowest BCUT2D eigenvalue weighted by Gasteiger charge is -2.31. The first kappa shape index (κ1) is 25.0. The van der Waals surface area contributed by atoms with E-state index in [-0.39, 0.29) is 19.2 Å². The molecule has 0 radical (unpaired) electrons. The molecule has 2 aromatic heterocycles. The summed E-state index contributed by atoms with van der Waals surface area (Å²) in [5.41, 5.74) is 5.07. The predicted octanol–water partition coefficient (Wildman–Crippen LogP) is 4.01. The minimum absolute atomic E-state index is 0.232. The first-order valence-corrected chi connectivity index (χ1v) is 12.0. The third kappa shape index (κ3) is 5.52. The summed E-state index contributed by atoms with van der Waals surface area (Å²) in [7, 11) is 1.32. The number of halogens is 1. The predicted molar refractivity (Wildman–Crippen MR) is 138 cm³/mol. The van der Waals surface area contributed by atoms with Crippen LogP contribution in [0, 0.1) is 0 Å². The summed E-state index contributed by atoms with van der Waals surface area (Å²) < 4.78 is 15.9. The molecule has 0 aliphatic carbocycles. The number of anilines is 1. The van der Waals surface area contributed by atoms with Gasteiger partial charge in [0.1, 0.15) is 12.2 Å². The molecule has 1 aliphatic heterocycles. The molecule has 192 valence electrons. The van der Waals surface area contributed by atoms with Crippen LogP contribution in [0.5, 0.6) is 6.01 Å². The number of pyridine rings is 1. The highest BCUT2D eigenvalue weighted by atomic mass is 35.5. The summed E-state index contributed by atoms with van der Waals surface area (Å²) in [4.78, 5) is 23.5. The second-order valence-electron chi connectivity index (χ2n) is 8.60. The van der Waals surface area contributed by atoms with Crippen LogP contribution >= 0.6 is 11.6 Å². The van der Waals surface area contributed by atoms with Gasteiger partial charge in [0.2, 0.25) is 0 Å². The summed E-state index contributed by atoms with van der Waals surface area (Å²) in [5, 5.41) is 22.3. The number of hydrogen-bond acceptors (Lipinski definition) is 8. The fraction of sp³-hybridized carbons (Fsp3) is 0.269. The molecule has 37 heavy (non-hydrogen) atoms. The zero-order chi connectivity index (χ0) is 25.9. The molecule has 11 heteroatoms. The van der Waals surface area contributed by atoms with E-state index in [0.717, 1.165) is 16.7 Å². The second-order valence-corrected chi connectivity index (χ2v) is 9.01. The molecule has 1 aliphatic rings. The smallest absolute Gasteiger partial charge is 0.411 e. The number of aromatic nitrogens is 3. The summed E-state index contributed by atoms with van der Waals surface area (Å²) in [6.45, 7) is -0.0128. The number of nitrogens with zero attached hydrogens (tertiary/aromatic N) is 2. The largest absolute Gasteiger partial charge is 0.459 e. The highest BCUT2D eigenvalue weighted by molar-refractivity contribution is 6.33. The number of hydrogen-bond donors (Lipinski definition) is 4. The number of aliphatic hydroxyl groups is 2. The first-order chi connectivity index (χ1) is 17.9. The third-order valence-electron chi connectivity index (χ3n) is 6.10. The quantitative estimate of drug-likeness (QED) is 0.297. The van der Waals surface area contributed by atoms with Crippen molar-refractivity contribution in [1.82, 2.24) is 15.0 Å². The Labute approximate surface area is 217 Å². The van der Waals surface area contributed by atoms with Gasteiger partial charge in [-0.3, -0.25) is 5.32 Å². The molecule has 3 heterocycles. The van der Waals surface area contributed by atoms with Gasteiger partial charge in [-0.2, -0.15) is 4.98 Å². The van der Waals surface area contributed by atoms with Crippen molar-refractivity contribution in [3.63, 3.8) is 0 Å². The summed E-state index contributed by atoms with van der Waals surface area (Å²) >= 11 is 6.55. The number of carbonyl (C=O) groups is 1. The van der Waals surface area contributed by atoms with E-state index in [2.05, 4.69) is 25.0 Å². The van der Waals surface area contributed by atoms with Crippen molar-refractivity contribution < 1.29 is 29.2 Å². The van der Waals surface area contributed by atoms with Crippen LogP contribution in [-0.4, -0.2) is 69.9 Å². The van der Waals surface area contributed by atoms with Crippen LogP contribution in [0.25, 0.3) is 33.5 Å². The Hall–Kier alpha value is -3.70. The molecule has 2 aromatic carbocycles. The van der Waals surface area contributed by atoms with E-state index in [4.69, 9.17) is 21.1 Å². The Bertz CT molecular complexity index is 1390. The van der Waals surface area contributed by atoms with Crippen molar-refractivity contribution in [3.8, 4) is 28.4 Å². The Morgan fingerprint density at radius 2 is 1.81 bits per heavy atom. The number of ether oxygens (including phenoxy) is 3. The number of nitrogens with one attached hydrogen (secondary N) is 2. The molecule has 1 fully saturated rings. The monoisotopic (exact) mass is 524 g/mol. The van der Waals surface area contributed by atoms with Crippen LogP contribution in [0.3, 0.4) is 0 Å². The Morgan fingerprint density at radius 1 is 1.14 bits per heavy atom. The normalized spacial score (nSPS) is 19.5. The first-order valence-electron chi connectivity index (χ1n) is 11.6. The standard InChI is InChI=1S/C26H25ClN4O6/c1-35-26(34)28-17-8-6-15(7-9-17)14-2-4-16(5-3-14)23-19(27)11-20-24(30-23)31-25(29-20)37-18-10-21(33)22(12-32)36-13-18/h2-9,11,18,21-22,32-33H,10,12-13H2,1H3,(H,28,34)(H,29,30,31)/t18-,21+,22-/m1/s1. The minimum Gasteiger partial charge on any atom is -0.459 e. The number of aromatic amines is 1. The van der Waals surface area contributed by atoms with Crippen molar-refractivity contribution >= 4 is 34.5 Å². The van der Waals surface area contributed by atoms with Gasteiger partial charge in [0.15, 0.2) is 5.65 Å². The molecular weight excluding hydrogens is 500 g/mol. The van der Waals surface area contributed by atoms with Gasteiger partial charge in [-0.15, -0.1) is 0 Å². The number of rotatable bonds is 6. The molecular formula is C26H25ClN4O6. The maximum absolute atomic E-state index is 11.4. The van der Waals surface area contributed by atoms with Gasteiger partial charge in [-0.05, 0) is 29.3 Å². The average molecular weight is 525 g/mol. The number of carbonyl (C=O) groups excluding carboxylic acids is 1. The van der Waals surface area contributed by atoms with Gasteiger partial charge in [0.05, 0.1) is 42.7 Å². The highest BCUT2D eigenvalue weighted by Gasteiger charge is 2.31. The van der Waals surface area contributed by atoms with E-state index < -0.39 is 24.4 Å². The number of methoxy groups -OCH3 is 1. The van der Waals surface area contributed by atoms with E-state index in [0.29, 0.717) is 34.0 Å². The molecule has 0 unspecified atom stereocenters. The molecule has 4 N–H and O–H groups in total. The number of aliphatic hydroxyl groups excluding tert-OH is 2. The minimum atomic E-state index is -0.815. The van der Waals surface area contributed by atoms with E-state index >= 15 is 0 Å². The van der Waals surface area contributed by atoms with E-state index in [9.17, 15) is 15.0 Å². The lowest BCUT2D eigenvalue weighted by molar-refractivity contribution is -0.131. The van der Waals surface area contributed by atoms with Crippen molar-refractivity contribution in [2.45, 2.75) is 24.7 Å². The fourth-order valence-electron chi connectivity index (χ4n) is 4.13. The van der Waals surface area contributed by atoms with Crippen LogP contribution in [0.15, 0.2) is 54.6 Å². The Morgan fingerprint density at radius 3 is 2.46 bits per heavy atom. The number of benzene rings is 2. The van der Waals surface area contributed by atoms with Crippen LogP contribution in [0.1, 0.15) is 6.42 Å². The Kier molecular flexibility index (Phi) is 7.24. The average Bonchev–Trinajstić information content (AvgIpc) is 3.29. The molecule has 10 nitrogen and oxygen atoms in total. The lowest BCUT2D eigenvalue weighted by atomic mass is 10.0. The fourth-order valence-corrected chi connectivity index (χ4v) is 4.40. The van der Waals surface area contributed by atoms with Crippen molar-refractivity contribution in [1.29, 1.82) is 0 Å². The lowest BCUT2D eigenvalue weighted by Crippen LogP contribution is -2.45. The Balaban J connectivity index is 1.31.